The van der Waals surface area contributed by atoms with Gasteiger partial charge >= 0.3 is 0 Å². The first-order chi connectivity index (χ1) is 8.45. The van der Waals surface area contributed by atoms with Crippen molar-refractivity contribution in [2.75, 3.05) is 6.61 Å². The van der Waals surface area contributed by atoms with Gasteiger partial charge in [0, 0.05) is 24.7 Å². The molecule has 0 aromatic carbocycles. The summed E-state index contributed by atoms with van der Waals surface area (Å²) in [6, 6.07) is 5.86. The standard InChI is InChI=1S/C13H15N3O/c1(3-12-4-7-14-8-5-12)2-10-17-13-6-9-15-11-16-13/h4-9,11H,1-3,10H2. The van der Waals surface area contributed by atoms with Gasteiger partial charge in [-0.05, 0) is 37.0 Å². The van der Waals surface area contributed by atoms with Crippen molar-refractivity contribution < 1.29 is 4.74 Å². The van der Waals surface area contributed by atoms with Crippen LogP contribution in [0.3, 0.4) is 0 Å². The Kier molecular flexibility index (Phi) is 4.45. The Labute approximate surface area is 101 Å². The second-order valence-corrected chi connectivity index (χ2v) is 3.71. The van der Waals surface area contributed by atoms with Gasteiger partial charge in [-0.15, -0.1) is 0 Å². The lowest BCUT2D eigenvalue weighted by molar-refractivity contribution is 0.295. The molecule has 0 N–H and O–H groups in total. The molecule has 4 heteroatoms. The molecule has 0 saturated carbocycles. The lowest BCUT2D eigenvalue weighted by atomic mass is 10.1. The molecule has 0 radical (unpaired) electrons. The topological polar surface area (TPSA) is 47.9 Å². The lowest BCUT2D eigenvalue weighted by Gasteiger charge is -2.04. The molecule has 2 heterocycles. The van der Waals surface area contributed by atoms with Gasteiger partial charge in [-0.25, -0.2) is 9.97 Å². The van der Waals surface area contributed by atoms with Crippen LogP contribution in [0.2, 0.25) is 0 Å². The third-order valence-corrected chi connectivity index (χ3v) is 2.41. The predicted octanol–water partition coefficient (Wildman–Crippen LogP) is 2.27. The first-order valence-electron chi connectivity index (χ1n) is 5.73. The lowest BCUT2D eigenvalue weighted by Crippen LogP contribution is -1.99. The Morgan fingerprint density at radius 1 is 0.941 bits per heavy atom. The van der Waals surface area contributed by atoms with Crippen molar-refractivity contribution in [1.29, 1.82) is 0 Å². The summed E-state index contributed by atoms with van der Waals surface area (Å²) < 4.78 is 5.48. The molecule has 0 fully saturated rings. The van der Waals surface area contributed by atoms with Crippen LogP contribution in [-0.2, 0) is 6.42 Å². The number of ether oxygens (including phenoxy) is 1. The maximum atomic E-state index is 5.48. The average molecular weight is 229 g/mol. The monoisotopic (exact) mass is 229 g/mol. The van der Waals surface area contributed by atoms with Crippen LogP contribution in [0.15, 0.2) is 43.1 Å². The molecule has 17 heavy (non-hydrogen) atoms. The fourth-order valence-corrected chi connectivity index (χ4v) is 1.52. The summed E-state index contributed by atoms with van der Waals surface area (Å²) in [5, 5.41) is 0. The van der Waals surface area contributed by atoms with Crippen LogP contribution in [0.4, 0.5) is 0 Å². The van der Waals surface area contributed by atoms with Gasteiger partial charge in [-0.3, -0.25) is 4.98 Å². The smallest absolute Gasteiger partial charge is 0.216 e. The van der Waals surface area contributed by atoms with Crippen molar-refractivity contribution >= 4 is 0 Å². The zero-order valence-corrected chi connectivity index (χ0v) is 9.62. The molecule has 0 bridgehead atoms. The molecular weight excluding hydrogens is 214 g/mol. The number of hydrogen-bond acceptors (Lipinski definition) is 4. The van der Waals surface area contributed by atoms with E-state index in [1.165, 1.54) is 11.9 Å². The van der Waals surface area contributed by atoms with Crippen LogP contribution in [0.25, 0.3) is 0 Å². The van der Waals surface area contributed by atoms with E-state index in [-0.39, 0.29) is 0 Å². The number of aryl methyl sites for hydroxylation is 1. The highest BCUT2D eigenvalue weighted by Crippen LogP contribution is 2.06. The van der Waals surface area contributed by atoms with Crippen molar-refractivity contribution in [2.24, 2.45) is 0 Å². The molecule has 4 nitrogen and oxygen atoms in total. The van der Waals surface area contributed by atoms with Gasteiger partial charge in [-0.2, -0.15) is 0 Å². The Morgan fingerprint density at radius 3 is 2.53 bits per heavy atom. The second kappa shape index (κ2) is 6.58. The Balaban J connectivity index is 1.61. The van der Waals surface area contributed by atoms with Crippen LogP contribution in [0.1, 0.15) is 18.4 Å². The SMILES string of the molecule is c1cc(CCCCOc2ccncn2)ccn1. The van der Waals surface area contributed by atoms with Crippen molar-refractivity contribution in [1.82, 2.24) is 15.0 Å². The number of unbranched alkanes of at least 4 members (excludes halogenated alkanes) is 1. The summed E-state index contributed by atoms with van der Waals surface area (Å²) in [5.74, 6) is 0.643. The van der Waals surface area contributed by atoms with Crippen molar-refractivity contribution in [3.63, 3.8) is 0 Å². The van der Waals surface area contributed by atoms with Gasteiger partial charge in [0.1, 0.15) is 6.33 Å². The first kappa shape index (κ1) is 11.5. The zero-order valence-electron chi connectivity index (χ0n) is 9.62. The fourth-order valence-electron chi connectivity index (χ4n) is 1.52. The van der Waals surface area contributed by atoms with Crippen LogP contribution in [0.5, 0.6) is 5.88 Å². The summed E-state index contributed by atoms with van der Waals surface area (Å²) in [6.45, 7) is 0.697. The molecule has 0 aliphatic rings. The molecule has 0 aliphatic carbocycles. The number of pyridine rings is 1. The highest BCUT2D eigenvalue weighted by Gasteiger charge is 1.95. The molecule has 0 spiro atoms. The van der Waals surface area contributed by atoms with Gasteiger partial charge in [0.05, 0.1) is 6.61 Å². The summed E-state index contributed by atoms with van der Waals surface area (Å²) in [7, 11) is 0. The van der Waals surface area contributed by atoms with E-state index in [0.29, 0.717) is 12.5 Å². The molecule has 0 unspecified atom stereocenters. The van der Waals surface area contributed by atoms with E-state index in [4.69, 9.17) is 4.74 Å². The van der Waals surface area contributed by atoms with Gasteiger partial charge < -0.3 is 4.74 Å². The summed E-state index contributed by atoms with van der Waals surface area (Å²) in [5.41, 5.74) is 1.32. The van der Waals surface area contributed by atoms with Gasteiger partial charge in [-0.1, -0.05) is 0 Å². The number of nitrogens with zero attached hydrogens (tertiary/aromatic N) is 3. The minimum absolute atomic E-state index is 0.643. The van der Waals surface area contributed by atoms with E-state index in [1.807, 2.05) is 24.5 Å². The maximum absolute atomic E-state index is 5.48. The minimum atomic E-state index is 0.643. The van der Waals surface area contributed by atoms with E-state index in [9.17, 15) is 0 Å². The highest BCUT2D eigenvalue weighted by molar-refractivity contribution is 5.09. The molecule has 88 valence electrons. The number of rotatable bonds is 6. The molecule has 2 rings (SSSR count). The van der Waals surface area contributed by atoms with E-state index >= 15 is 0 Å². The predicted molar refractivity (Wildman–Crippen MR) is 64.7 cm³/mol. The quantitative estimate of drug-likeness (QED) is 0.713. The van der Waals surface area contributed by atoms with Crippen molar-refractivity contribution in [2.45, 2.75) is 19.3 Å². The Hall–Kier alpha value is -1.97. The van der Waals surface area contributed by atoms with Crippen molar-refractivity contribution in [3.8, 4) is 5.88 Å². The van der Waals surface area contributed by atoms with Crippen LogP contribution in [0, 0.1) is 0 Å². The summed E-state index contributed by atoms with van der Waals surface area (Å²) in [6.07, 6.45) is 10.0. The first-order valence-corrected chi connectivity index (χ1v) is 5.73. The van der Waals surface area contributed by atoms with E-state index in [0.717, 1.165) is 19.3 Å². The Morgan fingerprint density at radius 2 is 1.76 bits per heavy atom. The molecule has 2 aromatic heterocycles. The third-order valence-electron chi connectivity index (χ3n) is 2.41. The highest BCUT2D eigenvalue weighted by atomic mass is 16.5. The zero-order chi connectivity index (χ0) is 11.8. The second-order valence-electron chi connectivity index (χ2n) is 3.71. The Bertz CT molecular complexity index is 378. The average Bonchev–Trinajstić information content (AvgIpc) is 2.41. The maximum Gasteiger partial charge on any atom is 0.216 e. The van der Waals surface area contributed by atoms with E-state index in [1.54, 1.807) is 12.3 Å². The largest absolute Gasteiger partial charge is 0.478 e. The normalized spacial score (nSPS) is 10.1. The van der Waals surface area contributed by atoms with Gasteiger partial charge in [0.2, 0.25) is 5.88 Å². The third kappa shape index (κ3) is 4.18. The fraction of sp³-hybridized carbons (Fsp3) is 0.308. The van der Waals surface area contributed by atoms with E-state index < -0.39 is 0 Å². The van der Waals surface area contributed by atoms with Gasteiger partial charge in [0.25, 0.3) is 0 Å². The summed E-state index contributed by atoms with van der Waals surface area (Å²) in [4.78, 5) is 11.8. The number of hydrogen-bond donors (Lipinski definition) is 0. The van der Waals surface area contributed by atoms with Crippen LogP contribution >= 0.6 is 0 Å². The molecular formula is C13H15N3O. The van der Waals surface area contributed by atoms with Crippen LogP contribution < -0.4 is 4.74 Å². The number of aromatic nitrogens is 3. The van der Waals surface area contributed by atoms with Crippen LogP contribution in [-0.4, -0.2) is 21.6 Å². The van der Waals surface area contributed by atoms with Crippen molar-refractivity contribution in [3.05, 3.63) is 48.7 Å². The van der Waals surface area contributed by atoms with Gasteiger partial charge in [0.15, 0.2) is 0 Å². The molecule has 0 saturated heterocycles. The summed E-state index contributed by atoms with van der Waals surface area (Å²) >= 11 is 0. The molecule has 0 amide bonds. The molecule has 0 atom stereocenters. The van der Waals surface area contributed by atoms with E-state index in [2.05, 4.69) is 15.0 Å². The molecule has 0 aliphatic heterocycles. The minimum Gasteiger partial charge on any atom is -0.478 e. The molecule has 2 aromatic rings.